The average molecular weight is 801 g/mol. The average Bonchev–Trinajstić information content (AvgIpc) is 3.14. The predicted octanol–water partition coefficient (Wildman–Crippen LogP) is 9.78. The summed E-state index contributed by atoms with van der Waals surface area (Å²) in [5.41, 5.74) is 9.91. The molecule has 0 unspecified atom stereocenters. The van der Waals surface area contributed by atoms with Gasteiger partial charge in [-0.2, -0.15) is 0 Å². The van der Waals surface area contributed by atoms with E-state index in [4.69, 9.17) is 10.6 Å². The Morgan fingerprint density at radius 3 is 1.00 bits per heavy atom. The van der Waals surface area contributed by atoms with Crippen molar-refractivity contribution in [2.24, 2.45) is 10.8 Å². The molecule has 2 heterocycles. The third kappa shape index (κ3) is 15.2. The molecule has 4 rings (SSSR count). The standard InChI is InChI=1S/2C25H36N3.Ca/c2*1-17(2)20-12-11-13-21(18(3)4)23(20)28-24(25(6,7)8)27-16-19(5)22-14-9-10-15-26-22;/h2*9-15,17-19H,16H2,1-8H3;/q2*-1;+2/p+4/t2*19-;/m00./s1. The molecule has 4 N–H and O–H groups in total. The van der Waals surface area contributed by atoms with Crippen LogP contribution in [0.15, 0.2) is 85.2 Å². The summed E-state index contributed by atoms with van der Waals surface area (Å²) in [5, 5.41) is 10.5. The van der Waals surface area contributed by atoms with Gasteiger partial charge in [0, 0.05) is 48.2 Å². The van der Waals surface area contributed by atoms with Crippen molar-refractivity contribution >= 4 is 60.8 Å². The molecule has 0 radical (unpaired) electrons. The maximum Gasteiger partial charge on any atom is 2.00 e. The van der Waals surface area contributed by atoms with E-state index in [-0.39, 0.29) is 48.6 Å². The number of rotatable bonds is 12. The third-order valence-corrected chi connectivity index (χ3v) is 10.2. The zero-order valence-corrected chi connectivity index (χ0v) is 40.8. The summed E-state index contributed by atoms with van der Waals surface area (Å²) in [5.74, 6) is 4.61. The van der Waals surface area contributed by atoms with Gasteiger partial charge in [-0.1, -0.05) is 159 Å². The van der Waals surface area contributed by atoms with Crippen LogP contribution in [0.1, 0.15) is 180 Å². The third-order valence-electron chi connectivity index (χ3n) is 10.2. The first-order valence-corrected chi connectivity index (χ1v) is 21.1. The zero-order valence-electron chi connectivity index (χ0n) is 38.6. The van der Waals surface area contributed by atoms with Crippen molar-refractivity contribution in [3.8, 4) is 0 Å². The van der Waals surface area contributed by atoms with Crippen LogP contribution in [-0.2, 0) is 0 Å². The van der Waals surface area contributed by atoms with Gasteiger partial charge in [-0.15, -0.1) is 0 Å². The SMILES string of the molecule is CC(C)c1cccc(C(C)C)c1[N-]C(=[NH+]C[C@H](C)c1cccc[nH+]1)C(C)(C)C.CC(C)c1cccc(C(C)C)c1[N-]C(=[NH+]C[C@H](C)c1cccc[nH+]1)C(C)(C)C.[Ca+2]. The molecular formula is C50H76CaN6+4. The van der Waals surface area contributed by atoms with E-state index in [1.165, 1.54) is 33.6 Å². The number of nitrogens with one attached hydrogen (secondary N) is 4. The number of hydrogen-bond acceptors (Lipinski definition) is 0. The van der Waals surface area contributed by atoms with Crippen LogP contribution in [0.25, 0.3) is 10.6 Å². The molecule has 0 spiro atoms. The van der Waals surface area contributed by atoms with Gasteiger partial charge in [-0.25, -0.2) is 20.6 Å². The van der Waals surface area contributed by atoms with Crippen LogP contribution in [0.4, 0.5) is 11.4 Å². The Morgan fingerprint density at radius 2 is 0.772 bits per heavy atom. The molecule has 2 aromatic heterocycles. The second-order valence-electron chi connectivity index (χ2n) is 18.8. The van der Waals surface area contributed by atoms with Crippen LogP contribution in [0.2, 0.25) is 0 Å². The Kier molecular flexibility index (Phi) is 20.1. The van der Waals surface area contributed by atoms with Crippen molar-refractivity contribution in [3.05, 3.63) is 129 Å². The molecule has 57 heavy (non-hydrogen) atoms. The minimum Gasteiger partial charge on any atom is -0.372 e. The minimum absolute atomic E-state index is 0. The topological polar surface area (TPSA) is 84.4 Å². The first kappa shape index (κ1) is 50.1. The van der Waals surface area contributed by atoms with Gasteiger partial charge in [0.2, 0.25) is 0 Å². The number of hydrogen-bond donors (Lipinski definition) is 2. The fourth-order valence-electron chi connectivity index (χ4n) is 6.60. The zero-order chi connectivity index (χ0) is 41.8. The molecule has 0 saturated heterocycles. The smallest absolute Gasteiger partial charge is 0.372 e. The Balaban J connectivity index is 0.000000387. The molecule has 2 atom stereocenters. The molecule has 4 aromatic rings. The van der Waals surface area contributed by atoms with Gasteiger partial charge < -0.3 is 9.98 Å². The van der Waals surface area contributed by atoms with Crippen molar-refractivity contribution in [1.29, 1.82) is 0 Å². The van der Waals surface area contributed by atoms with E-state index in [9.17, 15) is 0 Å². The molecule has 0 saturated carbocycles. The Bertz CT molecular complexity index is 1660. The summed E-state index contributed by atoms with van der Waals surface area (Å²) in [6, 6.07) is 25.7. The summed E-state index contributed by atoms with van der Waals surface area (Å²) in [4.78, 5) is 14.0. The van der Waals surface area contributed by atoms with E-state index in [1.54, 1.807) is 0 Å². The summed E-state index contributed by atoms with van der Waals surface area (Å²) in [7, 11) is 0. The molecule has 7 heteroatoms. The number of para-hydroxylation sites is 2. The van der Waals surface area contributed by atoms with E-state index >= 15 is 0 Å². The van der Waals surface area contributed by atoms with Gasteiger partial charge in [0.1, 0.15) is 11.7 Å². The van der Waals surface area contributed by atoms with Crippen LogP contribution in [0.5, 0.6) is 0 Å². The monoisotopic (exact) mass is 801 g/mol. The number of nitrogens with zero attached hydrogens (tertiary/aromatic N) is 2. The Hall–Kier alpha value is -3.06. The first-order valence-electron chi connectivity index (χ1n) is 21.1. The number of aromatic nitrogens is 2. The second-order valence-corrected chi connectivity index (χ2v) is 18.8. The van der Waals surface area contributed by atoms with Crippen molar-refractivity contribution in [1.82, 2.24) is 0 Å². The molecule has 0 aliphatic rings. The largest absolute Gasteiger partial charge is 2.00 e. The predicted molar refractivity (Wildman–Crippen MR) is 244 cm³/mol. The Morgan fingerprint density at radius 1 is 0.474 bits per heavy atom. The van der Waals surface area contributed by atoms with Crippen molar-refractivity contribution in [3.63, 3.8) is 0 Å². The van der Waals surface area contributed by atoms with Gasteiger partial charge in [0.25, 0.3) is 0 Å². The molecular weight excluding hydrogens is 725 g/mol. The maximum absolute atomic E-state index is 5.23. The fraction of sp³-hybridized carbons (Fsp3) is 0.520. The van der Waals surface area contributed by atoms with Gasteiger partial charge >= 0.3 is 37.7 Å². The van der Waals surface area contributed by atoms with E-state index in [0.717, 1.165) is 36.1 Å². The number of aromatic amines is 2. The van der Waals surface area contributed by atoms with Crippen LogP contribution in [0, 0.1) is 10.8 Å². The van der Waals surface area contributed by atoms with Crippen LogP contribution in [-0.4, -0.2) is 62.5 Å². The van der Waals surface area contributed by atoms with E-state index in [0.29, 0.717) is 35.5 Å². The fourth-order valence-corrected chi connectivity index (χ4v) is 6.60. The number of pyridine rings is 2. The number of amidine groups is 2. The number of H-pyrrole nitrogens is 2. The molecule has 0 amide bonds. The van der Waals surface area contributed by atoms with Gasteiger partial charge in [-0.05, 0) is 45.9 Å². The summed E-state index contributed by atoms with van der Waals surface area (Å²) >= 11 is 0. The molecule has 0 bridgehead atoms. The van der Waals surface area contributed by atoms with Gasteiger partial charge in [0.05, 0.1) is 23.2 Å². The second kappa shape index (κ2) is 22.9. The van der Waals surface area contributed by atoms with Crippen molar-refractivity contribution < 1.29 is 20.0 Å². The van der Waals surface area contributed by atoms with Crippen molar-refractivity contribution in [2.75, 3.05) is 13.1 Å². The maximum atomic E-state index is 5.23. The minimum atomic E-state index is -0.0571. The van der Waals surface area contributed by atoms with Gasteiger partial charge in [-0.3, -0.25) is 0 Å². The van der Waals surface area contributed by atoms with E-state index in [2.05, 4.69) is 191 Å². The summed E-state index contributed by atoms with van der Waals surface area (Å²) < 4.78 is 0. The Labute approximate surface area is 377 Å². The molecule has 6 nitrogen and oxygen atoms in total. The molecule has 0 aliphatic carbocycles. The molecule has 2 aromatic carbocycles. The summed E-state index contributed by atoms with van der Waals surface area (Å²) in [6.07, 6.45) is 3.97. The van der Waals surface area contributed by atoms with Crippen LogP contribution >= 0.6 is 0 Å². The molecule has 304 valence electrons. The first-order chi connectivity index (χ1) is 26.2. The van der Waals surface area contributed by atoms with Crippen molar-refractivity contribution in [2.45, 2.75) is 146 Å². The van der Waals surface area contributed by atoms with Gasteiger partial charge in [0.15, 0.2) is 23.8 Å². The normalized spacial score (nSPS) is 13.6. The summed E-state index contributed by atoms with van der Waals surface area (Å²) in [6.45, 7) is 37.5. The molecule has 0 aliphatic heterocycles. The van der Waals surface area contributed by atoms with Crippen LogP contribution in [0.3, 0.4) is 0 Å². The van der Waals surface area contributed by atoms with E-state index in [1.807, 2.05) is 24.5 Å². The molecule has 0 fully saturated rings. The van der Waals surface area contributed by atoms with Crippen LogP contribution < -0.4 is 20.0 Å². The quantitative estimate of drug-likeness (QED) is 0.0813. The number of benzene rings is 2. The van der Waals surface area contributed by atoms with E-state index < -0.39 is 0 Å².